The van der Waals surface area contributed by atoms with Crippen molar-refractivity contribution in [3.8, 4) is 5.69 Å². The van der Waals surface area contributed by atoms with Gasteiger partial charge in [-0.05, 0) is 74.2 Å². The molecule has 0 spiro atoms. The van der Waals surface area contributed by atoms with E-state index in [1.165, 1.54) is 0 Å². The monoisotopic (exact) mass is 445 g/mol. The van der Waals surface area contributed by atoms with Crippen LogP contribution in [-0.2, 0) is 4.79 Å². The lowest BCUT2D eigenvalue weighted by atomic mass is 10.2. The number of benzene rings is 1. The number of hydrogen-bond acceptors (Lipinski definition) is 4. The summed E-state index contributed by atoms with van der Waals surface area (Å²) in [5.41, 5.74) is 5.13. The number of amides is 1. The van der Waals surface area contributed by atoms with Gasteiger partial charge in [-0.25, -0.2) is 0 Å². The highest BCUT2D eigenvalue weighted by molar-refractivity contribution is 7.98. The third-order valence-electron chi connectivity index (χ3n) is 5.48. The third-order valence-corrected chi connectivity index (χ3v) is 6.12. The van der Waals surface area contributed by atoms with E-state index in [9.17, 15) is 4.79 Å². The molecule has 3 aromatic heterocycles. The number of rotatable bonds is 8. The number of para-hydroxylation sites is 1. The first kappa shape index (κ1) is 21.9. The fraction of sp³-hybridized carbons (Fsp3) is 0.240. The van der Waals surface area contributed by atoms with Gasteiger partial charge in [-0.15, -0.1) is 10.2 Å². The predicted molar refractivity (Wildman–Crippen MR) is 131 cm³/mol. The average Bonchev–Trinajstić information content (AvgIpc) is 3.36. The highest BCUT2D eigenvalue weighted by Gasteiger charge is 2.19. The zero-order valence-electron chi connectivity index (χ0n) is 18.5. The van der Waals surface area contributed by atoms with Crippen molar-refractivity contribution >= 4 is 29.4 Å². The van der Waals surface area contributed by atoms with Gasteiger partial charge < -0.3 is 9.88 Å². The summed E-state index contributed by atoms with van der Waals surface area (Å²) >= 11 is 1.74. The molecule has 0 fully saturated rings. The molecule has 0 radical (unpaired) electrons. The molecule has 1 N–H and O–H groups in total. The molecular weight excluding hydrogens is 418 g/mol. The number of nitrogens with one attached hydrogen (secondary N) is 1. The van der Waals surface area contributed by atoms with Crippen LogP contribution >= 0.6 is 11.8 Å². The zero-order valence-corrected chi connectivity index (χ0v) is 19.3. The SMILES string of the molecule is CSCCC(NC(=O)/C=C/c1cc(C)n(-c2ccccc2)c1C)c1nnc2ccccn12. The largest absolute Gasteiger partial charge is 0.342 e. The van der Waals surface area contributed by atoms with Crippen LogP contribution in [0.5, 0.6) is 0 Å². The molecule has 164 valence electrons. The number of carbonyl (C=O) groups excluding carboxylic acids is 1. The lowest BCUT2D eigenvalue weighted by Gasteiger charge is -2.16. The van der Waals surface area contributed by atoms with Crippen molar-refractivity contribution in [1.82, 2.24) is 24.5 Å². The summed E-state index contributed by atoms with van der Waals surface area (Å²) in [4.78, 5) is 12.8. The number of fused-ring (bicyclic) bond motifs is 1. The minimum atomic E-state index is -0.214. The number of aryl methyl sites for hydroxylation is 1. The fourth-order valence-corrected chi connectivity index (χ4v) is 4.39. The van der Waals surface area contributed by atoms with Crippen molar-refractivity contribution in [2.75, 3.05) is 12.0 Å². The number of pyridine rings is 1. The third kappa shape index (κ3) is 4.62. The van der Waals surface area contributed by atoms with E-state index in [0.29, 0.717) is 0 Å². The summed E-state index contributed by atoms with van der Waals surface area (Å²) in [6.07, 6.45) is 8.25. The topological polar surface area (TPSA) is 64.2 Å². The molecule has 1 atom stereocenters. The molecule has 7 heteroatoms. The van der Waals surface area contributed by atoms with Crippen LogP contribution in [0.1, 0.15) is 35.2 Å². The summed E-state index contributed by atoms with van der Waals surface area (Å²) in [6.45, 7) is 4.15. The van der Waals surface area contributed by atoms with Gasteiger partial charge in [0.1, 0.15) is 0 Å². The van der Waals surface area contributed by atoms with Crippen molar-refractivity contribution in [2.24, 2.45) is 0 Å². The summed E-state index contributed by atoms with van der Waals surface area (Å²) in [5.74, 6) is 1.52. The molecule has 3 heterocycles. The van der Waals surface area contributed by atoms with E-state index in [2.05, 4.69) is 58.4 Å². The van der Waals surface area contributed by atoms with Crippen LogP contribution in [0.2, 0.25) is 0 Å². The molecule has 0 bridgehead atoms. The van der Waals surface area contributed by atoms with E-state index in [1.54, 1.807) is 17.8 Å². The smallest absolute Gasteiger partial charge is 0.244 e. The quantitative estimate of drug-likeness (QED) is 0.397. The molecule has 0 saturated heterocycles. The second-order valence-electron chi connectivity index (χ2n) is 7.66. The van der Waals surface area contributed by atoms with Gasteiger partial charge in [0.05, 0.1) is 6.04 Å². The number of nitrogens with zero attached hydrogens (tertiary/aromatic N) is 4. The molecular formula is C25H27N5OS. The average molecular weight is 446 g/mol. The molecule has 0 aliphatic carbocycles. The Bertz CT molecular complexity index is 1240. The van der Waals surface area contributed by atoms with Gasteiger partial charge in [-0.3, -0.25) is 9.20 Å². The standard InChI is InChI=1S/C25H27N5OS/c1-18-17-20(19(2)30(18)21-9-5-4-6-10-21)12-13-24(31)26-22(14-16-32-3)25-28-27-23-11-7-8-15-29(23)25/h4-13,15,17,22H,14,16H2,1-3H3,(H,26,31)/b13-12+. The van der Waals surface area contributed by atoms with E-state index < -0.39 is 0 Å². The maximum absolute atomic E-state index is 12.8. The van der Waals surface area contributed by atoms with Crippen molar-refractivity contribution < 1.29 is 4.79 Å². The second kappa shape index (κ2) is 9.87. The minimum Gasteiger partial charge on any atom is -0.342 e. The molecule has 4 rings (SSSR count). The predicted octanol–water partition coefficient (Wildman–Crippen LogP) is 4.76. The molecule has 1 unspecified atom stereocenters. The Labute approximate surface area is 192 Å². The highest BCUT2D eigenvalue weighted by Crippen LogP contribution is 2.22. The summed E-state index contributed by atoms with van der Waals surface area (Å²) in [6, 6.07) is 17.9. The molecule has 1 aromatic carbocycles. The minimum absolute atomic E-state index is 0.145. The van der Waals surface area contributed by atoms with E-state index in [1.807, 2.05) is 53.1 Å². The van der Waals surface area contributed by atoms with Gasteiger partial charge in [0, 0.05) is 29.3 Å². The summed E-state index contributed by atoms with van der Waals surface area (Å²) < 4.78 is 4.13. The molecule has 0 aliphatic heterocycles. The van der Waals surface area contributed by atoms with Crippen LogP contribution in [0, 0.1) is 13.8 Å². The Kier molecular flexibility index (Phi) is 6.75. The van der Waals surface area contributed by atoms with E-state index >= 15 is 0 Å². The number of aromatic nitrogens is 4. The maximum Gasteiger partial charge on any atom is 0.244 e. The van der Waals surface area contributed by atoms with Crippen LogP contribution in [0.25, 0.3) is 17.4 Å². The van der Waals surface area contributed by atoms with Gasteiger partial charge in [0.15, 0.2) is 11.5 Å². The molecule has 4 aromatic rings. The Hall–Kier alpha value is -3.32. The van der Waals surface area contributed by atoms with Crippen LogP contribution in [-0.4, -0.2) is 37.1 Å². The van der Waals surface area contributed by atoms with Gasteiger partial charge in [0.25, 0.3) is 0 Å². The Morgan fingerprint density at radius 1 is 1.12 bits per heavy atom. The summed E-state index contributed by atoms with van der Waals surface area (Å²) in [7, 11) is 0. The first-order chi connectivity index (χ1) is 15.6. The van der Waals surface area contributed by atoms with E-state index in [0.717, 1.165) is 46.3 Å². The highest BCUT2D eigenvalue weighted by atomic mass is 32.2. The van der Waals surface area contributed by atoms with Crippen molar-refractivity contribution in [1.29, 1.82) is 0 Å². The lowest BCUT2D eigenvalue weighted by molar-refractivity contribution is -0.117. The number of carbonyl (C=O) groups is 1. The molecule has 1 amide bonds. The molecule has 6 nitrogen and oxygen atoms in total. The van der Waals surface area contributed by atoms with Gasteiger partial charge in [-0.2, -0.15) is 11.8 Å². The van der Waals surface area contributed by atoms with Crippen LogP contribution in [0.15, 0.2) is 66.9 Å². The van der Waals surface area contributed by atoms with Gasteiger partial charge in [-0.1, -0.05) is 24.3 Å². The molecule has 32 heavy (non-hydrogen) atoms. The Morgan fingerprint density at radius 3 is 2.69 bits per heavy atom. The van der Waals surface area contributed by atoms with Gasteiger partial charge in [0.2, 0.25) is 5.91 Å². The first-order valence-corrected chi connectivity index (χ1v) is 12.0. The zero-order chi connectivity index (χ0) is 22.5. The van der Waals surface area contributed by atoms with Crippen molar-refractivity contribution in [3.05, 3.63) is 89.6 Å². The van der Waals surface area contributed by atoms with E-state index in [-0.39, 0.29) is 11.9 Å². The molecule has 0 saturated carbocycles. The first-order valence-electron chi connectivity index (χ1n) is 10.6. The van der Waals surface area contributed by atoms with Crippen molar-refractivity contribution in [3.63, 3.8) is 0 Å². The fourth-order valence-electron chi connectivity index (χ4n) is 3.92. The maximum atomic E-state index is 12.8. The van der Waals surface area contributed by atoms with Crippen LogP contribution in [0.3, 0.4) is 0 Å². The number of thioether (sulfide) groups is 1. The number of hydrogen-bond donors (Lipinski definition) is 1. The second-order valence-corrected chi connectivity index (χ2v) is 8.65. The van der Waals surface area contributed by atoms with Gasteiger partial charge >= 0.3 is 0 Å². The summed E-state index contributed by atoms with van der Waals surface area (Å²) in [5, 5.41) is 11.7. The van der Waals surface area contributed by atoms with Crippen LogP contribution < -0.4 is 5.32 Å². The van der Waals surface area contributed by atoms with E-state index in [4.69, 9.17) is 0 Å². The van der Waals surface area contributed by atoms with Crippen LogP contribution in [0.4, 0.5) is 0 Å². The van der Waals surface area contributed by atoms with Crippen molar-refractivity contribution in [2.45, 2.75) is 26.3 Å². The normalized spacial score (nSPS) is 12.5. The molecule has 0 aliphatic rings. The lowest BCUT2D eigenvalue weighted by Crippen LogP contribution is -2.29. The Morgan fingerprint density at radius 2 is 1.91 bits per heavy atom. The Balaban J connectivity index is 1.54.